The van der Waals surface area contributed by atoms with Crippen molar-refractivity contribution in [3.63, 3.8) is 0 Å². The Morgan fingerprint density at radius 1 is 1.00 bits per heavy atom. The van der Waals surface area contributed by atoms with Crippen molar-refractivity contribution in [3.8, 4) is 11.5 Å². The van der Waals surface area contributed by atoms with E-state index in [1.54, 1.807) is 30.3 Å². The van der Waals surface area contributed by atoms with Crippen LogP contribution in [0.25, 0.3) is 0 Å². The Kier molecular flexibility index (Phi) is 5.41. The molecule has 0 aromatic heterocycles. The van der Waals surface area contributed by atoms with Gasteiger partial charge in [-0.1, -0.05) is 24.4 Å². The molecule has 2 rings (SSSR count). The lowest BCUT2D eigenvalue weighted by atomic mass is 10.3. The fraction of sp³-hybridized carbons (Fsp3) is 0.133. The number of nitrogens with one attached hydrogen (secondary N) is 2. The van der Waals surface area contributed by atoms with Gasteiger partial charge in [0.05, 0.1) is 36.0 Å². The molecule has 2 aromatic carbocycles. The summed E-state index contributed by atoms with van der Waals surface area (Å²) in [6.07, 6.45) is 0. The fourth-order valence-corrected chi connectivity index (χ4v) is 3.19. The van der Waals surface area contributed by atoms with Crippen LogP contribution >= 0.6 is 12.2 Å². The van der Waals surface area contributed by atoms with Crippen LogP contribution in [0, 0.1) is 0 Å². The van der Waals surface area contributed by atoms with Crippen molar-refractivity contribution < 1.29 is 17.9 Å². The van der Waals surface area contributed by atoms with Crippen LogP contribution in [0.5, 0.6) is 11.5 Å². The van der Waals surface area contributed by atoms with E-state index in [0.717, 1.165) is 0 Å². The third-order valence-corrected chi connectivity index (χ3v) is 4.53. The molecule has 0 aliphatic rings. The van der Waals surface area contributed by atoms with Gasteiger partial charge in [0.2, 0.25) is 0 Å². The fourth-order valence-electron chi connectivity index (χ4n) is 1.96. The van der Waals surface area contributed by atoms with E-state index >= 15 is 0 Å². The van der Waals surface area contributed by atoms with Crippen molar-refractivity contribution in [2.24, 2.45) is 0 Å². The molecule has 6 nitrogen and oxygen atoms in total. The summed E-state index contributed by atoms with van der Waals surface area (Å²) in [4.78, 5) is 0.0727. The van der Waals surface area contributed by atoms with E-state index in [0.29, 0.717) is 22.9 Å². The molecule has 0 heterocycles. The maximum Gasteiger partial charge on any atom is 0.262 e. The van der Waals surface area contributed by atoms with Gasteiger partial charge in [-0.05, 0) is 30.3 Å². The third-order valence-electron chi connectivity index (χ3n) is 3.05. The monoisotopic (exact) mass is 352 g/mol. The van der Waals surface area contributed by atoms with Crippen molar-refractivity contribution >= 4 is 39.1 Å². The zero-order valence-electron chi connectivity index (χ0n) is 12.6. The maximum absolute atomic E-state index is 12.6. The van der Waals surface area contributed by atoms with Crippen LogP contribution in [0.1, 0.15) is 0 Å². The van der Waals surface area contributed by atoms with E-state index in [2.05, 4.69) is 10.0 Å². The lowest BCUT2D eigenvalue weighted by molar-refractivity contribution is 0.416. The van der Waals surface area contributed by atoms with Crippen LogP contribution in [0.4, 0.5) is 11.4 Å². The molecule has 0 saturated carbocycles. The number of para-hydroxylation sites is 2. The summed E-state index contributed by atoms with van der Waals surface area (Å²) >= 11 is 4.74. The normalized spacial score (nSPS) is 10.7. The van der Waals surface area contributed by atoms with Crippen molar-refractivity contribution in [3.05, 3.63) is 42.5 Å². The minimum absolute atomic E-state index is 0.0727. The summed E-state index contributed by atoms with van der Waals surface area (Å²) in [5.41, 5.74) is 2.10. The molecule has 0 unspecified atom stereocenters. The van der Waals surface area contributed by atoms with E-state index in [9.17, 15) is 8.42 Å². The van der Waals surface area contributed by atoms with Gasteiger partial charge in [0, 0.05) is 0 Å². The molecule has 0 spiro atoms. The zero-order valence-corrected chi connectivity index (χ0v) is 14.2. The van der Waals surface area contributed by atoms with Gasteiger partial charge in [-0.15, -0.1) is 0 Å². The second kappa shape index (κ2) is 7.30. The molecule has 23 heavy (non-hydrogen) atoms. The summed E-state index contributed by atoms with van der Waals surface area (Å²) in [5.74, 6) is 0.921. The smallest absolute Gasteiger partial charge is 0.262 e. The number of thiocarbonyl (C=S) groups is 1. The van der Waals surface area contributed by atoms with Gasteiger partial charge in [-0.25, -0.2) is 8.42 Å². The molecule has 8 heteroatoms. The van der Waals surface area contributed by atoms with Crippen LogP contribution in [-0.2, 0) is 10.0 Å². The van der Waals surface area contributed by atoms with Crippen LogP contribution in [0.2, 0.25) is 0 Å². The predicted octanol–water partition coefficient (Wildman–Crippen LogP) is 2.87. The number of anilines is 2. The van der Waals surface area contributed by atoms with Crippen LogP contribution < -0.4 is 19.5 Å². The highest BCUT2D eigenvalue weighted by atomic mass is 32.2. The Labute approximate surface area is 140 Å². The van der Waals surface area contributed by atoms with Crippen molar-refractivity contribution in [2.45, 2.75) is 4.90 Å². The third kappa shape index (κ3) is 3.91. The van der Waals surface area contributed by atoms with Crippen molar-refractivity contribution in [1.29, 1.82) is 0 Å². The van der Waals surface area contributed by atoms with E-state index in [4.69, 9.17) is 21.7 Å². The number of ether oxygens (including phenoxy) is 2. The molecule has 0 bridgehead atoms. The molecule has 0 aliphatic heterocycles. The first-order valence-electron chi connectivity index (χ1n) is 6.56. The number of sulfonamides is 1. The molecule has 0 amide bonds. The van der Waals surface area contributed by atoms with Gasteiger partial charge in [-0.2, -0.15) is 0 Å². The number of methoxy groups -OCH3 is 2. The molecule has 2 aromatic rings. The molecular formula is C15H16N2O4S2. The van der Waals surface area contributed by atoms with Gasteiger partial charge >= 0.3 is 0 Å². The predicted molar refractivity (Wildman–Crippen MR) is 94.1 cm³/mol. The van der Waals surface area contributed by atoms with Crippen molar-refractivity contribution in [1.82, 2.24) is 0 Å². The quantitative estimate of drug-likeness (QED) is 0.746. The van der Waals surface area contributed by atoms with Gasteiger partial charge in [-0.3, -0.25) is 4.72 Å². The Balaban J connectivity index is 2.39. The molecule has 0 fully saturated rings. The average Bonchev–Trinajstić information content (AvgIpc) is 2.55. The number of hydrogen-bond donors (Lipinski definition) is 2. The summed E-state index contributed by atoms with van der Waals surface area (Å²) in [7, 11) is -0.820. The molecule has 122 valence electrons. The number of rotatable bonds is 7. The van der Waals surface area contributed by atoms with E-state index < -0.39 is 10.0 Å². The molecule has 2 N–H and O–H groups in total. The number of benzene rings is 2. The lowest BCUT2D eigenvalue weighted by Gasteiger charge is -2.13. The Bertz CT molecular complexity index is 807. The van der Waals surface area contributed by atoms with Gasteiger partial charge in [0.1, 0.15) is 11.5 Å². The first kappa shape index (κ1) is 17.0. The van der Waals surface area contributed by atoms with E-state index in [1.165, 1.54) is 31.8 Å². The van der Waals surface area contributed by atoms with E-state index in [-0.39, 0.29) is 4.90 Å². The first-order valence-corrected chi connectivity index (χ1v) is 8.51. The summed E-state index contributed by atoms with van der Waals surface area (Å²) in [5, 5.41) is 2.77. The van der Waals surface area contributed by atoms with E-state index in [1.807, 2.05) is 0 Å². The Hall–Kier alpha value is -2.32. The standard InChI is InChI=1S/C15H16N2O4S2/c1-20-14-6-4-3-5-12(14)17-23(18,19)11-7-8-15(21-2)13(9-11)16-10-22/h3-10,17H,1-2H3,(H,16,22). The molecule has 0 aliphatic carbocycles. The number of hydrogen-bond acceptors (Lipinski definition) is 5. The Morgan fingerprint density at radius 2 is 1.65 bits per heavy atom. The summed E-state index contributed by atoms with van der Waals surface area (Å²) in [6.45, 7) is 0. The summed E-state index contributed by atoms with van der Waals surface area (Å²) < 4.78 is 37.9. The van der Waals surface area contributed by atoms with Crippen LogP contribution in [0.3, 0.4) is 0 Å². The van der Waals surface area contributed by atoms with Crippen LogP contribution in [0.15, 0.2) is 47.4 Å². The highest BCUT2D eigenvalue weighted by molar-refractivity contribution is 7.92. The highest BCUT2D eigenvalue weighted by Gasteiger charge is 2.18. The Morgan fingerprint density at radius 3 is 2.30 bits per heavy atom. The van der Waals surface area contributed by atoms with Crippen LogP contribution in [-0.4, -0.2) is 28.1 Å². The molecular weight excluding hydrogens is 336 g/mol. The molecule has 0 saturated heterocycles. The lowest BCUT2D eigenvalue weighted by Crippen LogP contribution is -2.14. The van der Waals surface area contributed by atoms with Gasteiger partial charge in [0.15, 0.2) is 0 Å². The maximum atomic E-state index is 12.6. The molecule has 0 atom stereocenters. The average molecular weight is 352 g/mol. The van der Waals surface area contributed by atoms with Gasteiger partial charge in [0.25, 0.3) is 10.0 Å². The zero-order chi connectivity index (χ0) is 16.9. The summed E-state index contributed by atoms with van der Waals surface area (Å²) in [6, 6.07) is 11.2. The van der Waals surface area contributed by atoms with Gasteiger partial charge < -0.3 is 14.8 Å². The second-order valence-corrected chi connectivity index (χ2v) is 6.35. The second-order valence-electron chi connectivity index (χ2n) is 4.43. The first-order chi connectivity index (χ1) is 11.0. The largest absolute Gasteiger partial charge is 0.495 e. The highest BCUT2D eigenvalue weighted by Crippen LogP contribution is 2.30. The van der Waals surface area contributed by atoms with Crippen molar-refractivity contribution in [2.75, 3.05) is 24.3 Å². The minimum atomic E-state index is -3.79. The topological polar surface area (TPSA) is 76.7 Å². The SMILES string of the molecule is COc1ccc(S(=O)(=O)Nc2ccccc2OC)cc1NC=S. The molecule has 0 radical (unpaired) electrons. The minimum Gasteiger partial charge on any atom is -0.495 e.